The van der Waals surface area contributed by atoms with Gasteiger partial charge in [0.25, 0.3) is 0 Å². The maximum absolute atomic E-state index is 12.9. The molecule has 2 fully saturated rings. The minimum absolute atomic E-state index is 0.0669. The van der Waals surface area contributed by atoms with Gasteiger partial charge in [0, 0.05) is 32.8 Å². The molecule has 2 saturated heterocycles. The number of imidazole rings is 1. The van der Waals surface area contributed by atoms with Crippen molar-refractivity contribution in [2.75, 3.05) is 24.1 Å². The lowest BCUT2D eigenvalue weighted by Crippen LogP contribution is -2.45. The number of nitrogens with two attached hydrogens (primary N) is 1. The summed E-state index contributed by atoms with van der Waals surface area (Å²) in [6.07, 6.45) is 2.47. The molecule has 2 aliphatic heterocycles. The number of anilines is 2. The number of fused-ring (bicyclic) bond motifs is 4. The summed E-state index contributed by atoms with van der Waals surface area (Å²) in [5.74, 6) is 0.583. The van der Waals surface area contributed by atoms with Gasteiger partial charge in [0.15, 0.2) is 0 Å². The molecular formula is C40H46Br2N6O5. The van der Waals surface area contributed by atoms with Crippen molar-refractivity contribution >= 4 is 93.9 Å². The fourth-order valence-electron chi connectivity index (χ4n) is 6.78. The number of H-pyrrole nitrogens is 1. The van der Waals surface area contributed by atoms with Gasteiger partial charge in [0.2, 0.25) is 5.91 Å². The lowest BCUT2D eigenvalue weighted by atomic mass is 10.1. The molecule has 7 rings (SSSR count). The molecule has 2 atom stereocenters. The Hall–Kier alpha value is -4.36. The molecule has 2 aliphatic rings. The van der Waals surface area contributed by atoms with Crippen LogP contribution in [0.5, 0.6) is 0 Å². The first-order valence-corrected chi connectivity index (χ1v) is 19.4. The van der Waals surface area contributed by atoms with Crippen LogP contribution in [0.15, 0.2) is 69.6 Å². The maximum Gasteiger partial charge on any atom is 0.410 e. The van der Waals surface area contributed by atoms with Crippen molar-refractivity contribution in [3.05, 3.63) is 75.4 Å². The highest BCUT2D eigenvalue weighted by molar-refractivity contribution is 9.10. The summed E-state index contributed by atoms with van der Waals surface area (Å²) in [6, 6.07) is 19.2. The van der Waals surface area contributed by atoms with Crippen LogP contribution in [0.2, 0.25) is 0 Å². The summed E-state index contributed by atoms with van der Waals surface area (Å²) in [4.78, 5) is 49.5. The first-order valence-electron chi connectivity index (χ1n) is 17.8. The molecule has 0 spiro atoms. The molecule has 0 bridgehead atoms. The Labute approximate surface area is 326 Å². The van der Waals surface area contributed by atoms with Gasteiger partial charge in [-0.3, -0.25) is 14.6 Å². The lowest BCUT2D eigenvalue weighted by molar-refractivity contribution is -0.120. The van der Waals surface area contributed by atoms with Crippen LogP contribution in [0.25, 0.3) is 32.6 Å². The molecule has 5 aromatic rings. The fourth-order valence-corrected chi connectivity index (χ4v) is 7.54. The molecule has 0 aliphatic carbocycles. The smallest absolute Gasteiger partial charge is 0.410 e. The molecule has 0 saturated carbocycles. The second-order valence-corrected chi connectivity index (χ2v) is 17.3. The first kappa shape index (κ1) is 38.4. The number of hydrogen-bond acceptors (Lipinski definition) is 7. The first-order chi connectivity index (χ1) is 25.0. The molecule has 3 heterocycles. The minimum atomic E-state index is -0.603. The van der Waals surface area contributed by atoms with Crippen LogP contribution in [0.4, 0.5) is 21.0 Å². The lowest BCUT2D eigenvalue weighted by Gasteiger charge is -2.28. The summed E-state index contributed by atoms with van der Waals surface area (Å²) in [7, 11) is 0. The van der Waals surface area contributed by atoms with Crippen molar-refractivity contribution < 1.29 is 23.9 Å². The molecular weight excluding hydrogens is 804 g/mol. The highest BCUT2D eigenvalue weighted by Gasteiger charge is 2.37. The van der Waals surface area contributed by atoms with Crippen molar-refractivity contribution in [1.82, 2.24) is 19.8 Å². The van der Waals surface area contributed by atoms with Crippen LogP contribution in [-0.2, 0) is 14.3 Å². The van der Waals surface area contributed by atoms with E-state index in [0.29, 0.717) is 30.9 Å². The summed E-state index contributed by atoms with van der Waals surface area (Å²) in [6.45, 7) is 12.3. The second-order valence-electron chi connectivity index (χ2n) is 15.5. The third kappa shape index (κ3) is 8.89. The number of nitrogen functional groups attached to an aromatic ring is 1. The van der Waals surface area contributed by atoms with Gasteiger partial charge in [-0.15, -0.1) is 0 Å². The van der Waals surface area contributed by atoms with Crippen LogP contribution in [0.1, 0.15) is 79.1 Å². The van der Waals surface area contributed by atoms with Gasteiger partial charge in [-0.1, -0.05) is 56.1 Å². The number of amides is 3. The van der Waals surface area contributed by atoms with E-state index < -0.39 is 23.3 Å². The molecule has 280 valence electrons. The van der Waals surface area contributed by atoms with Crippen LogP contribution in [0.3, 0.4) is 0 Å². The monoisotopic (exact) mass is 848 g/mol. The number of halogens is 2. The average molecular weight is 851 g/mol. The van der Waals surface area contributed by atoms with E-state index >= 15 is 0 Å². The molecule has 0 unspecified atom stereocenters. The molecule has 13 heteroatoms. The van der Waals surface area contributed by atoms with E-state index in [0.717, 1.165) is 66.6 Å². The number of carbonyl (C=O) groups is 3. The molecule has 1 aromatic heterocycles. The van der Waals surface area contributed by atoms with Gasteiger partial charge < -0.3 is 25.5 Å². The normalized spacial score (nSPS) is 17.6. The Bertz CT molecular complexity index is 2190. The number of likely N-dealkylation sites (tertiary alicyclic amines) is 2. The Morgan fingerprint density at radius 1 is 0.792 bits per heavy atom. The molecule has 4 N–H and O–H groups in total. The van der Waals surface area contributed by atoms with E-state index in [-0.39, 0.29) is 18.0 Å². The number of aromatic nitrogens is 2. The largest absolute Gasteiger partial charge is 0.444 e. The van der Waals surface area contributed by atoms with Gasteiger partial charge in [-0.05, 0) is 114 Å². The number of hydrogen-bond donors (Lipinski definition) is 3. The number of carbonyl (C=O) groups excluding carboxylic acids is 3. The quantitative estimate of drug-likeness (QED) is 0.153. The van der Waals surface area contributed by atoms with Crippen molar-refractivity contribution in [2.24, 2.45) is 0 Å². The Morgan fingerprint density at radius 3 is 2.02 bits per heavy atom. The zero-order chi connectivity index (χ0) is 38.2. The van der Waals surface area contributed by atoms with Crippen LogP contribution >= 0.6 is 31.9 Å². The van der Waals surface area contributed by atoms with E-state index in [1.54, 1.807) is 11.0 Å². The van der Waals surface area contributed by atoms with Gasteiger partial charge in [-0.2, -0.15) is 0 Å². The zero-order valence-electron chi connectivity index (χ0n) is 30.9. The fraction of sp³-hybridized carbons (Fsp3) is 0.400. The van der Waals surface area contributed by atoms with Crippen molar-refractivity contribution in [2.45, 2.75) is 90.5 Å². The van der Waals surface area contributed by atoms with Crippen molar-refractivity contribution in [1.29, 1.82) is 0 Å². The van der Waals surface area contributed by atoms with Gasteiger partial charge in [0.05, 0.1) is 28.5 Å². The molecule has 11 nitrogen and oxygen atoms in total. The second kappa shape index (κ2) is 15.2. The summed E-state index contributed by atoms with van der Waals surface area (Å²) in [5.41, 5.74) is 8.01. The maximum atomic E-state index is 12.9. The topological polar surface area (TPSA) is 143 Å². The number of nitrogens with zero attached hydrogens (tertiary/aromatic N) is 3. The summed E-state index contributed by atoms with van der Waals surface area (Å²) in [5, 5.41) is 7.00. The minimum Gasteiger partial charge on any atom is -0.444 e. The van der Waals surface area contributed by atoms with Crippen LogP contribution < -0.4 is 11.1 Å². The number of ether oxygens (including phenoxy) is 2. The molecule has 3 amide bonds. The summed E-state index contributed by atoms with van der Waals surface area (Å²) >= 11 is 6.97. The predicted octanol–water partition coefficient (Wildman–Crippen LogP) is 10.1. The average Bonchev–Trinajstić information content (AvgIpc) is 3.84. The number of nitrogens with one attached hydrogen (secondary N) is 2. The predicted molar refractivity (Wildman–Crippen MR) is 217 cm³/mol. The third-order valence-corrected chi connectivity index (χ3v) is 10.1. The van der Waals surface area contributed by atoms with E-state index in [9.17, 15) is 14.4 Å². The third-order valence-electron chi connectivity index (χ3n) is 9.09. The number of aromatic amines is 1. The Kier molecular flexibility index (Phi) is 11.0. The molecule has 4 aromatic carbocycles. The highest BCUT2D eigenvalue weighted by Crippen LogP contribution is 2.35. The van der Waals surface area contributed by atoms with Crippen molar-refractivity contribution in [3.8, 4) is 0 Å². The van der Waals surface area contributed by atoms with E-state index in [1.807, 2.05) is 77.9 Å². The van der Waals surface area contributed by atoms with Crippen LogP contribution in [-0.4, -0.2) is 68.2 Å². The number of rotatable bonds is 3. The van der Waals surface area contributed by atoms with Gasteiger partial charge in [0.1, 0.15) is 23.1 Å². The van der Waals surface area contributed by atoms with E-state index in [1.165, 1.54) is 4.90 Å². The van der Waals surface area contributed by atoms with Gasteiger partial charge >= 0.3 is 12.2 Å². The Morgan fingerprint density at radius 2 is 1.36 bits per heavy atom. The Balaban J connectivity index is 0.000000181. The molecule has 0 radical (unpaired) electrons. The molecule has 53 heavy (non-hydrogen) atoms. The van der Waals surface area contributed by atoms with Gasteiger partial charge in [-0.25, -0.2) is 14.6 Å². The highest BCUT2D eigenvalue weighted by atomic mass is 79.9. The van der Waals surface area contributed by atoms with Crippen LogP contribution in [0, 0.1) is 0 Å². The van der Waals surface area contributed by atoms with E-state index in [4.69, 9.17) is 20.2 Å². The summed E-state index contributed by atoms with van der Waals surface area (Å²) < 4.78 is 13.0. The van der Waals surface area contributed by atoms with Crippen molar-refractivity contribution in [3.63, 3.8) is 0 Å². The number of benzene rings is 4. The SMILES string of the molecule is CC(C)(C)OC(=O)N1CCC[C@H]1C(=O)Nc1c(N)ccc2cc(Br)ccc12.CC(C)(C)OC(=O)N1CCC[C@H]1c1nc2c(ccc3cc(Br)ccc32)[nH]1. The zero-order valence-corrected chi connectivity index (χ0v) is 34.1. The standard InChI is InChI=1S/C20H24BrN3O3.C20H22BrN3O2/c1-20(2,3)27-19(26)24-10-4-5-16(24)18(25)23-17-14-8-7-13(21)11-12(14)6-9-15(17)22;1-20(2,3)26-19(25)24-10-4-5-16(24)18-22-15-9-6-12-11-13(21)7-8-14(12)17(15)23-18/h6-9,11,16H,4-5,10,22H2,1-3H3,(H,23,25);6-9,11,16H,4-5,10H2,1-3H3,(H,22,23)/t2*16-/m00/s1. The van der Waals surface area contributed by atoms with E-state index in [2.05, 4.69) is 60.4 Å².